The van der Waals surface area contributed by atoms with Gasteiger partial charge in [-0.3, -0.25) is 9.59 Å². The molecule has 1 heterocycles. The van der Waals surface area contributed by atoms with Crippen LogP contribution < -0.4 is 10.2 Å². The van der Waals surface area contributed by atoms with Crippen molar-refractivity contribution in [3.05, 3.63) is 54.1 Å². The molecule has 3 rings (SSSR count). The Hall–Kier alpha value is -2.27. The Morgan fingerprint density at radius 1 is 1.12 bits per heavy atom. The Bertz CT molecular complexity index is 761. The highest BCUT2D eigenvalue weighted by Gasteiger charge is 2.18. The van der Waals surface area contributed by atoms with Crippen molar-refractivity contribution in [1.82, 2.24) is 0 Å². The molecule has 4 nitrogen and oxygen atoms in total. The van der Waals surface area contributed by atoms with Crippen LogP contribution in [0.2, 0.25) is 0 Å². The lowest BCUT2D eigenvalue weighted by molar-refractivity contribution is -0.115. The van der Waals surface area contributed by atoms with Crippen molar-refractivity contribution in [2.24, 2.45) is 0 Å². The first-order chi connectivity index (χ1) is 11.6. The van der Waals surface area contributed by atoms with E-state index in [0.29, 0.717) is 11.3 Å². The van der Waals surface area contributed by atoms with Crippen LogP contribution in [0.3, 0.4) is 0 Å². The lowest BCUT2D eigenvalue weighted by Crippen LogP contribution is -2.34. The SMILES string of the molecule is CC(=O)c1ccccc1NC(=O)CN1CCCSc2ccccc21. The summed E-state index contributed by atoms with van der Waals surface area (Å²) in [6, 6.07) is 15.3. The maximum atomic E-state index is 12.5. The minimum absolute atomic E-state index is 0.0533. The van der Waals surface area contributed by atoms with E-state index in [9.17, 15) is 9.59 Å². The molecule has 2 aromatic carbocycles. The van der Waals surface area contributed by atoms with E-state index in [0.717, 1.165) is 24.4 Å². The summed E-state index contributed by atoms with van der Waals surface area (Å²) in [6.07, 6.45) is 1.04. The molecule has 0 aromatic heterocycles. The second-order valence-corrected chi connectivity index (χ2v) is 6.88. The highest BCUT2D eigenvalue weighted by molar-refractivity contribution is 7.99. The summed E-state index contributed by atoms with van der Waals surface area (Å²) >= 11 is 1.83. The number of rotatable bonds is 4. The van der Waals surface area contributed by atoms with Gasteiger partial charge in [-0.25, -0.2) is 0 Å². The Kier molecular flexibility index (Phi) is 5.20. The number of Topliss-reactive ketones (excluding diaryl/α,β-unsaturated/α-hetero) is 1. The molecule has 0 saturated carbocycles. The van der Waals surface area contributed by atoms with Crippen LogP contribution in [0.25, 0.3) is 0 Å². The molecule has 1 aliphatic heterocycles. The van der Waals surface area contributed by atoms with Gasteiger partial charge in [0.25, 0.3) is 0 Å². The molecule has 0 fully saturated rings. The Labute approximate surface area is 146 Å². The zero-order valence-electron chi connectivity index (χ0n) is 13.6. The number of para-hydroxylation sites is 2. The van der Waals surface area contributed by atoms with Gasteiger partial charge in [-0.2, -0.15) is 0 Å². The fourth-order valence-corrected chi connectivity index (χ4v) is 3.84. The van der Waals surface area contributed by atoms with Gasteiger partial charge in [0.1, 0.15) is 0 Å². The quantitative estimate of drug-likeness (QED) is 0.860. The molecule has 1 N–H and O–H groups in total. The van der Waals surface area contributed by atoms with Crippen molar-refractivity contribution in [1.29, 1.82) is 0 Å². The summed E-state index contributed by atoms with van der Waals surface area (Å²) in [6.45, 7) is 2.64. The molecule has 0 bridgehead atoms. The predicted molar refractivity (Wildman–Crippen MR) is 99.1 cm³/mol. The van der Waals surface area contributed by atoms with E-state index in [2.05, 4.69) is 22.3 Å². The minimum Gasteiger partial charge on any atom is -0.361 e. The average molecular weight is 340 g/mol. The topological polar surface area (TPSA) is 49.4 Å². The second kappa shape index (κ2) is 7.53. The van der Waals surface area contributed by atoms with Crippen molar-refractivity contribution < 1.29 is 9.59 Å². The number of fused-ring (bicyclic) bond motifs is 1. The van der Waals surface area contributed by atoms with Crippen molar-refractivity contribution in [2.45, 2.75) is 18.2 Å². The molecule has 0 aliphatic carbocycles. The van der Waals surface area contributed by atoms with Gasteiger partial charge >= 0.3 is 0 Å². The number of anilines is 2. The minimum atomic E-state index is -0.106. The summed E-state index contributed by atoms with van der Waals surface area (Å²) in [4.78, 5) is 27.5. The van der Waals surface area contributed by atoms with Gasteiger partial charge in [0.05, 0.1) is 17.9 Å². The summed E-state index contributed by atoms with van der Waals surface area (Å²) < 4.78 is 0. The van der Waals surface area contributed by atoms with Gasteiger partial charge < -0.3 is 10.2 Å². The Balaban J connectivity index is 1.75. The number of nitrogens with zero attached hydrogens (tertiary/aromatic N) is 1. The highest BCUT2D eigenvalue weighted by Crippen LogP contribution is 2.33. The zero-order valence-corrected chi connectivity index (χ0v) is 14.4. The number of hydrogen-bond acceptors (Lipinski definition) is 4. The predicted octanol–water partition coefficient (Wildman–Crippen LogP) is 3.83. The Morgan fingerprint density at radius 2 is 1.88 bits per heavy atom. The molecule has 0 unspecified atom stereocenters. The van der Waals surface area contributed by atoms with Gasteiger partial charge in [0, 0.05) is 17.0 Å². The first-order valence-corrected chi connectivity index (χ1v) is 9.00. The van der Waals surface area contributed by atoms with E-state index in [1.165, 1.54) is 11.8 Å². The molecule has 2 aromatic rings. The fourth-order valence-electron chi connectivity index (χ4n) is 2.82. The molecule has 1 amide bonds. The molecule has 5 heteroatoms. The van der Waals surface area contributed by atoms with Gasteiger partial charge in [-0.05, 0) is 43.4 Å². The maximum Gasteiger partial charge on any atom is 0.243 e. The number of ketones is 1. The van der Waals surface area contributed by atoms with Crippen molar-refractivity contribution >= 4 is 34.8 Å². The lowest BCUT2D eigenvalue weighted by Gasteiger charge is -2.24. The number of amides is 1. The third-order valence-corrected chi connectivity index (χ3v) is 5.10. The molecule has 0 spiro atoms. The molecular weight excluding hydrogens is 320 g/mol. The monoisotopic (exact) mass is 340 g/mol. The Morgan fingerprint density at radius 3 is 2.71 bits per heavy atom. The smallest absolute Gasteiger partial charge is 0.243 e. The van der Waals surface area contributed by atoms with Gasteiger partial charge in [0.2, 0.25) is 5.91 Å². The van der Waals surface area contributed by atoms with Crippen molar-refractivity contribution in [3.63, 3.8) is 0 Å². The molecular formula is C19H20N2O2S. The van der Waals surface area contributed by atoms with Crippen LogP contribution in [0.5, 0.6) is 0 Å². The van der Waals surface area contributed by atoms with E-state index >= 15 is 0 Å². The third kappa shape index (κ3) is 3.79. The number of carbonyl (C=O) groups excluding carboxylic acids is 2. The number of benzene rings is 2. The normalized spacial score (nSPS) is 13.8. The van der Waals surface area contributed by atoms with Gasteiger partial charge in [0.15, 0.2) is 5.78 Å². The maximum absolute atomic E-state index is 12.5. The van der Waals surface area contributed by atoms with Crippen LogP contribution in [-0.2, 0) is 4.79 Å². The van der Waals surface area contributed by atoms with Crippen molar-refractivity contribution in [3.8, 4) is 0 Å². The summed E-state index contributed by atoms with van der Waals surface area (Å²) in [7, 11) is 0. The van der Waals surface area contributed by atoms with Gasteiger partial charge in [-0.15, -0.1) is 11.8 Å². The standard InChI is InChI=1S/C19H20N2O2S/c1-14(22)15-7-2-3-8-16(15)20-19(23)13-21-11-6-12-24-18-10-5-4-9-17(18)21/h2-5,7-10H,6,11-13H2,1H3,(H,20,23). The van der Waals surface area contributed by atoms with Crippen LogP contribution in [0, 0.1) is 0 Å². The van der Waals surface area contributed by atoms with Crippen LogP contribution in [0.1, 0.15) is 23.7 Å². The molecule has 0 atom stereocenters. The molecule has 0 saturated heterocycles. The lowest BCUT2D eigenvalue weighted by atomic mass is 10.1. The number of thioether (sulfide) groups is 1. The number of carbonyl (C=O) groups is 2. The second-order valence-electron chi connectivity index (χ2n) is 5.74. The zero-order chi connectivity index (χ0) is 16.9. The molecule has 124 valence electrons. The van der Waals surface area contributed by atoms with Crippen LogP contribution >= 0.6 is 11.8 Å². The third-order valence-electron chi connectivity index (χ3n) is 3.95. The summed E-state index contributed by atoms with van der Waals surface area (Å²) in [5.74, 6) is 0.898. The average Bonchev–Trinajstić information content (AvgIpc) is 2.78. The first kappa shape index (κ1) is 16.6. The highest BCUT2D eigenvalue weighted by atomic mass is 32.2. The van der Waals surface area contributed by atoms with E-state index in [1.54, 1.807) is 18.2 Å². The van der Waals surface area contributed by atoms with Gasteiger partial charge in [-0.1, -0.05) is 24.3 Å². The largest absolute Gasteiger partial charge is 0.361 e. The van der Waals surface area contributed by atoms with E-state index in [4.69, 9.17) is 0 Å². The molecule has 24 heavy (non-hydrogen) atoms. The van der Waals surface area contributed by atoms with E-state index in [1.807, 2.05) is 30.0 Å². The number of nitrogens with one attached hydrogen (secondary N) is 1. The van der Waals surface area contributed by atoms with Crippen LogP contribution in [0.15, 0.2) is 53.4 Å². The number of hydrogen-bond donors (Lipinski definition) is 1. The van der Waals surface area contributed by atoms with E-state index < -0.39 is 0 Å². The summed E-state index contributed by atoms with van der Waals surface area (Å²) in [5, 5.41) is 2.88. The fraction of sp³-hybridized carbons (Fsp3) is 0.263. The van der Waals surface area contributed by atoms with Crippen LogP contribution in [0.4, 0.5) is 11.4 Å². The first-order valence-electron chi connectivity index (χ1n) is 8.02. The van der Waals surface area contributed by atoms with Crippen molar-refractivity contribution in [2.75, 3.05) is 29.1 Å². The molecule has 1 aliphatic rings. The molecule has 0 radical (unpaired) electrons. The van der Waals surface area contributed by atoms with Crippen LogP contribution in [-0.4, -0.2) is 30.5 Å². The van der Waals surface area contributed by atoms with E-state index in [-0.39, 0.29) is 18.2 Å². The summed E-state index contributed by atoms with van der Waals surface area (Å²) in [5.41, 5.74) is 2.22.